The van der Waals surface area contributed by atoms with Crippen molar-refractivity contribution in [1.29, 1.82) is 0 Å². The van der Waals surface area contributed by atoms with Crippen molar-refractivity contribution in [3.05, 3.63) is 29.8 Å². The van der Waals surface area contributed by atoms with Gasteiger partial charge in [-0.15, -0.1) is 0 Å². The number of hydrogen-bond acceptors (Lipinski definition) is 5. The second-order valence-corrected chi connectivity index (χ2v) is 10.4. The first-order chi connectivity index (χ1) is 15.1. The standard InChI is InChI=1S/C25H37N3O5/c1-10-28(22(31)18(15-16(2)3)26-23(32)33-25(7,8)9)20(21(30)27-24(4,5)6)17-13-11-12-14-19(17)29/h1,11-14,16,18,20,29H,15H2,2-9H3,(H,26,32)(H,27,30). The molecule has 3 N–H and O–H groups in total. The van der Waals surface area contributed by atoms with Crippen molar-refractivity contribution in [3.8, 4) is 18.2 Å². The first-order valence-electron chi connectivity index (χ1n) is 10.9. The number of nitrogens with zero attached hydrogens (tertiary/aromatic N) is 1. The molecule has 0 saturated carbocycles. The maximum atomic E-state index is 13.6. The van der Waals surface area contributed by atoms with Gasteiger partial charge in [-0.05, 0) is 59.9 Å². The smallest absolute Gasteiger partial charge is 0.408 e. The van der Waals surface area contributed by atoms with Crippen LogP contribution in [-0.2, 0) is 14.3 Å². The highest BCUT2D eigenvalue weighted by atomic mass is 16.6. The van der Waals surface area contributed by atoms with Gasteiger partial charge < -0.3 is 20.5 Å². The number of nitrogens with one attached hydrogen (secondary N) is 2. The molecule has 1 aromatic rings. The first-order valence-corrected chi connectivity index (χ1v) is 10.9. The molecule has 1 rings (SSSR count). The van der Waals surface area contributed by atoms with E-state index >= 15 is 0 Å². The molecule has 0 radical (unpaired) electrons. The fourth-order valence-corrected chi connectivity index (χ4v) is 3.13. The molecule has 2 unspecified atom stereocenters. The minimum atomic E-state index is -1.31. The number of carbonyl (C=O) groups excluding carboxylic acids is 3. The van der Waals surface area contributed by atoms with E-state index in [1.807, 2.05) is 13.8 Å². The normalized spacial score (nSPS) is 13.5. The number of amides is 3. The Morgan fingerprint density at radius 1 is 1.12 bits per heavy atom. The minimum absolute atomic E-state index is 0.0282. The molecule has 0 saturated heterocycles. The van der Waals surface area contributed by atoms with E-state index < -0.39 is 41.1 Å². The van der Waals surface area contributed by atoms with Crippen molar-refractivity contribution >= 4 is 17.9 Å². The second kappa shape index (κ2) is 11.1. The Balaban J connectivity index is 3.42. The van der Waals surface area contributed by atoms with Crippen molar-refractivity contribution in [2.24, 2.45) is 5.92 Å². The minimum Gasteiger partial charge on any atom is -0.508 e. The fraction of sp³-hybridized carbons (Fsp3) is 0.560. The van der Waals surface area contributed by atoms with E-state index in [1.165, 1.54) is 12.1 Å². The zero-order valence-corrected chi connectivity index (χ0v) is 20.9. The molecule has 0 heterocycles. The van der Waals surface area contributed by atoms with Gasteiger partial charge in [0.15, 0.2) is 6.04 Å². The summed E-state index contributed by atoms with van der Waals surface area (Å²) in [5.41, 5.74) is -1.20. The Labute approximate surface area is 197 Å². The van der Waals surface area contributed by atoms with Crippen LogP contribution < -0.4 is 10.6 Å². The maximum Gasteiger partial charge on any atom is 0.408 e. The van der Waals surface area contributed by atoms with E-state index in [1.54, 1.807) is 53.7 Å². The van der Waals surface area contributed by atoms with Crippen molar-refractivity contribution in [3.63, 3.8) is 0 Å². The highest BCUT2D eigenvalue weighted by molar-refractivity contribution is 5.93. The number of ether oxygens (including phenoxy) is 1. The molecule has 3 amide bonds. The van der Waals surface area contributed by atoms with Crippen LogP contribution in [0.4, 0.5) is 4.79 Å². The lowest BCUT2D eigenvalue weighted by Gasteiger charge is -2.33. The Kier molecular flexibility index (Phi) is 9.34. The van der Waals surface area contributed by atoms with Gasteiger partial charge in [-0.1, -0.05) is 38.5 Å². The van der Waals surface area contributed by atoms with Gasteiger partial charge in [0.05, 0.1) is 0 Å². The second-order valence-electron chi connectivity index (χ2n) is 10.4. The summed E-state index contributed by atoms with van der Waals surface area (Å²) in [5.74, 6) is -1.37. The summed E-state index contributed by atoms with van der Waals surface area (Å²) in [6.07, 6.45) is 5.22. The van der Waals surface area contributed by atoms with Gasteiger partial charge in [0.1, 0.15) is 17.4 Å². The largest absolute Gasteiger partial charge is 0.508 e. The van der Waals surface area contributed by atoms with Crippen LogP contribution >= 0.6 is 0 Å². The Bertz CT molecular complexity index is 891. The number of alkyl carbamates (subject to hydrolysis) is 1. The predicted molar refractivity (Wildman–Crippen MR) is 127 cm³/mol. The third kappa shape index (κ3) is 9.05. The van der Waals surface area contributed by atoms with Crippen LogP contribution in [0, 0.1) is 18.4 Å². The van der Waals surface area contributed by atoms with Gasteiger partial charge in [0.25, 0.3) is 5.91 Å². The molecule has 0 aromatic heterocycles. The van der Waals surface area contributed by atoms with E-state index in [0.29, 0.717) is 0 Å². The van der Waals surface area contributed by atoms with Crippen LogP contribution in [0.15, 0.2) is 24.3 Å². The molecule has 0 bridgehead atoms. The van der Waals surface area contributed by atoms with Gasteiger partial charge >= 0.3 is 6.09 Å². The molecule has 0 fully saturated rings. The lowest BCUT2D eigenvalue weighted by molar-refractivity contribution is -0.139. The van der Waals surface area contributed by atoms with Crippen LogP contribution in [0.1, 0.15) is 73.4 Å². The van der Waals surface area contributed by atoms with Gasteiger partial charge in [-0.25, -0.2) is 4.79 Å². The zero-order valence-electron chi connectivity index (χ0n) is 20.9. The molecule has 8 nitrogen and oxygen atoms in total. The van der Waals surface area contributed by atoms with Crippen LogP contribution in [0.5, 0.6) is 5.75 Å². The molecule has 1 aromatic carbocycles. The topological polar surface area (TPSA) is 108 Å². The monoisotopic (exact) mass is 459 g/mol. The van der Waals surface area contributed by atoms with E-state index in [2.05, 4.69) is 16.7 Å². The summed E-state index contributed by atoms with van der Waals surface area (Å²) in [5, 5.41) is 15.8. The molecule has 0 aliphatic carbocycles. The summed E-state index contributed by atoms with van der Waals surface area (Å²) in [7, 11) is 0. The van der Waals surface area contributed by atoms with E-state index in [-0.39, 0.29) is 23.7 Å². The van der Waals surface area contributed by atoms with E-state index in [9.17, 15) is 19.5 Å². The third-order valence-electron chi connectivity index (χ3n) is 4.31. The maximum absolute atomic E-state index is 13.6. The first kappa shape index (κ1) is 27.8. The van der Waals surface area contributed by atoms with E-state index in [0.717, 1.165) is 4.90 Å². The van der Waals surface area contributed by atoms with Gasteiger partial charge in [0, 0.05) is 17.1 Å². The number of phenols is 1. The van der Waals surface area contributed by atoms with Gasteiger partial charge in [-0.2, -0.15) is 0 Å². The number of phenolic OH excluding ortho intramolecular Hbond substituents is 1. The third-order valence-corrected chi connectivity index (χ3v) is 4.31. The molecule has 2 atom stereocenters. The summed E-state index contributed by atoms with van der Waals surface area (Å²) < 4.78 is 5.30. The highest BCUT2D eigenvalue weighted by Gasteiger charge is 2.38. The van der Waals surface area contributed by atoms with Crippen molar-refractivity contribution in [1.82, 2.24) is 15.5 Å². The summed E-state index contributed by atoms with van der Waals surface area (Å²) in [6.45, 7) is 14.3. The molecule has 0 aliphatic heterocycles. The average molecular weight is 460 g/mol. The lowest BCUT2D eigenvalue weighted by atomic mass is 9.98. The lowest BCUT2D eigenvalue weighted by Crippen LogP contribution is -2.53. The average Bonchev–Trinajstić information content (AvgIpc) is 2.62. The van der Waals surface area contributed by atoms with Crippen LogP contribution in [0.25, 0.3) is 0 Å². The predicted octanol–water partition coefficient (Wildman–Crippen LogP) is 3.71. The molecular weight excluding hydrogens is 422 g/mol. The molecule has 8 heteroatoms. The number of carbonyl (C=O) groups is 3. The Morgan fingerprint density at radius 3 is 2.15 bits per heavy atom. The molecule has 0 aliphatic rings. The number of rotatable bonds is 7. The Hall–Kier alpha value is -3.21. The zero-order chi connectivity index (χ0) is 25.6. The Morgan fingerprint density at radius 2 is 1.70 bits per heavy atom. The number of para-hydroxylation sites is 1. The van der Waals surface area contributed by atoms with Gasteiger partial charge in [-0.3, -0.25) is 14.5 Å². The molecule has 0 spiro atoms. The quantitative estimate of drug-likeness (QED) is 0.426. The van der Waals surface area contributed by atoms with Crippen LogP contribution in [-0.4, -0.2) is 45.1 Å². The summed E-state index contributed by atoms with van der Waals surface area (Å²) in [6, 6.07) is 6.12. The summed E-state index contributed by atoms with van der Waals surface area (Å²) >= 11 is 0. The molecule has 33 heavy (non-hydrogen) atoms. The molecule has 182 valence electrons. The molecular formula is C25H37N3O5. The number of benzene rings is 1. The highest BCUT2D eigenvalue weighted by Crippen LogP contribution is 2.30. The van der Waals surface area contributed by atoms with Crippen molar-refractivity contribution in [2.75, 3.05) is 0 Å². The van der Waals surface area contributed by atoms with Gasteiger partial charge in [0.2, 0.25) is 5.91 Å². The number of aromatic hydroxyl groups is 1. The number of hydrogen-bond donors (Lipinski definition) is 3. The van der Waals surface area contributed by atoms with Crippen molar-refractivity contribution in [2.45, 2.75) is 85.0 Å². The summed E-state index contributed by atoms with van der Waals surface area (Å²) in [4.78, 5) is 40.1. The van der Waals surface area contributed by atoms with Crippen molar-refractivity contribution < 1.29 is 24.2 Å². The number of terminal acetylenes is 1. The fourth-order valence-electron chi connectivity index (χ4n) is 3.13. The van der Waals surface area contributed by atoms with E-state index in [4.69, 9.17) is 11.2 Å². The SMILES string of the molecule is C#CN(C(=O)C(CC(C)C)NC(=O)OC(C)(C)C)C(C(=O)NC(C)(C)C)c1ccccc1O. The van der Waals surface area contributed by atoms with Crippen LogP contribution in [0.2, 0.25) is 0 Å². The van der Waals surface area contributed by atoms with Crippen LogP contribution in [0.3, 0.4) is 0 Å².